The molecule has 3 N–H and O–H groups in total. The Morgan fingerprint density at radius 3 is 2.97 bits per heavy atom. The van der Waals surface area contributed by atoms with Crippen molar-refractivity contribution in [3.8, 4) is 0 Å². The highest BCUT2D eigenvalue weighted by molar-refractivity contribution is 6.00. The lowest BCUT2D eigenvalue weighted by Crippen LogP contribution is -2.41. The molecule has 0 radical (unpaired) electrons. The molecule has 6 rings (SSSR count). The van der Waals surface area contributed by atoms with Gasteiger partial charge in [0.25, 0.3) is 5.91 Å². The zero-order chi connectivity index (χ0) is 22.7. The predicted octanol–water partition coefficient (Wildman–Crippen LogP) is 2.89. The summed E-state index contributed by atoms with van der Waals surface area (Å²) in [5.41, 5.74) is 4.81. The third-order valence-corrected chi connectivity index (χ3v) is 6.65. The van der Waals surface area contributed by atoms with Gasteiger partial charge >= 0.3 is 0 Å². The van der Waals surface area contributed by atoms with E-state index in [1.807, 2.05) is 31.8 Å². The number of aromatic nitrogens is 5. The molecule has 4 aromatic rings. The van der Waals surface area contributed by atoms with Gasteiger partial charge in [-0.3, -0.25) is 9.48 Å². The second-order valence-electron chi connectivity index (χ2n) is 8.80. The van der Waals surface area contributed by atoms with E-state index in [-0.39, 0.29) is 18.1 Å². The predicted molar refractivity (Wildman–Crippen MR) is 125 cm³/mol. The van der Waals surface area contributed by atoms with Gasteiger partial charge in [0.15, 0.2) is 5.65 Å². The van der Waals surface area contributed by atoms with Crippen molar-refractivity contribution in [2.24, 2.45) is 7.05 Å². The minimum atomic E-state index is -0.183. The van der Waals surface area contributed by atoms with E-state index in [4.69, 9.17) is 9.72 Å². The first-order valence-electron chi connectivity index (χ1n) is 11.2. The molecule has 1 saturated carbocycles. The van der Waals surface area contributed by atoms with Crippen LogP contribution in [0, 0.1) is 6.92 Å². The van der Waals surface area contributed by atoms with E-state index >= 15 is 0 Å². The summed E-state index contributed by atoms with van der Waals surface area (Å²) in [6.45, 7) is 2.48. The number of carbonyl (C=O) groups excluding carboxylic acids is 1. The van der Waals surface area contributed by atoms with Gasteiger partial charge in [0.2, 0.25) is 0 Å². The summed E-state index contributed by atoms with van der Waals surface area (Å²) < 4.78 is 9.85. The van der Waals surface area contributed by atoms with Crippen molar-refractivity contribution in [1.82, 2.24) is 29.7 Å². The number of carbonyl (C=O) groups is 1. The Balaban J connectivity index is 1.58. The lowest BCUT2D eigenvalue weighted by molar-refractivity contribution is 0.0273. The average Bonchev–Trinajstić information content (AvgIpc) is 3.49. The van der Waals surface area contributed by atoms with Crippen LogP contribution in [0.25, 0.3) is 16.6 Å². The molecular formula is C23H26N8O2. The maximum Gasteiger partial charge on any atom is 0.257 e. The molecule has 0 spiro atoms. The Hall–Kier alpha value is -3.66. The molecule has 2 aliphatic rings. The molecule has 10 nitrogen and oxygen atoms in total. The summed E-state index contributed by atoms with van der Waals surface area (Å²) in [6, 6.07) is 6.07. The number of fused-ring (bicyclic) bond motifs is 6. The van der Waals surface area contributed by atoms with Gasteiger partial charge in [-0.1, -0.05) is 0 Å². The SMILES string of the molecule is CNc1cc2nc3c(cnn13)C(=O)N[C@@H]1CCC[C@@H]1OCc1cc(c3c(c1)c(C)nn3C)N2. The molecule has 0 unspecified atom stereocenters. The first-order chi connectivity index (χ1) is 16.0. The van der Waals surface area contributed by atoms with E-state index in [1.165, 1.54) is 0 Å². The van der Waals surface area contributed by atoms with Gasteiger partial charge in [-0.2, -0.15) is 14.7 Å². The van der Waals surface area contributed by atoms with Crippen LogP contribution < -0.4 is 16.0 Å². The van der Waals surface area contributed by atoms with Crippen molar-refractivity contribution in [1.29, 1.82) is 0 Å². The number of amides is 1. The molecule has 1 amide bonds. The number of ether oxygens (including phenoxy) is 1. The van der Waals surface area contributed by atoms with E-state index in [0.717, 1.165) is 52.9 Å². The van der Waals surface area contributed by atoms with Gasteiger partial charge in [0.05, 0.1) is 41.8 Å². The van der Waals surface area contributed by atoms with Crippen LogP contribution in [0.2, 0.25) is 0 Å². The van der Waals surface area contributed by atoms with Crippen LogP contribution in [0.15, 0.2) is 24.4 Å². The zero-order valence-electron chi connectivity index (χ0n) is 18.8. The normalized spacial score (nSPS) is 20.5. The highest BCUT2D eigenvalue weighted by atomic mass is 16.5. The number of aryl methyl sites for hydroxylation is 2. The molecule has 0 saturated heterocycles. The number of anilines is 3. The van der Waals surface area contributed by atoms with Crippen LogP contribution in [0.3, 0.4) is 0 Å². The third-order valence-electron chi connectivity index (χ3n) is 6.65. The Labute approximate surface area is 190 Å². The Bertz CT molecular complexity index is 1400. The molecule has 4 heterocycles. The van der Waals surface area contributed by atoms with Gasteiger partial charge in [0.1, 0.15) is 17.2 Å². The summed E-state index contributed by atoms with van der Waals surface area (Å²) in [5, 5.41) is 19.9. The van der Waals surface area contributed by atoms with Crippen molar-refractivity contribution >= 4 is 39.8 Å². The van der Waals surface area contributed by atoms with Crippen molar-refractivity contribution in [2.45, 2.75) is 44.9 Å². The van der Waals surface area contributed by atoms with Gasteiger partial charge < -0.3 is 20.7 Å². The monoisotopic (exact) mass is 446 g/mol. The van der Waals surface area contributed by atoms with E-state index in [2.05, 4.69) is 38.3 Å². The largest absolute Gasteiger partial charge is 0.373 e. The number of benzene rings is 1. The van der Waals surface area contributed by atoms with Crippen LogP contribution in [0.1, 0.15) is 40.9 Å². The fraction of sp³-hybridized carbons (Fsp3) is 0.391. The standard InChI is InChI=1S/C23H26N8O2/c1-12-14-7-13-8-17(21(14)30(3)29-12)26-19-9-20(24-2)31-22(28-19)15(10-25-31)23(32)27-16-5-4-6-18(16)33-11-13/h7-10,16,18,24H,4-6,11H2,1-3H3,(H,26,28)(H,27,32)/t16-,18+/m1/s1. The molecule has 1 aliphatic heterocycles. The highest BCUT2D eigenvalue weighted by Crippen LogP contribution is 2.32. The molecular weight excluding hydrogens is 420 g/mol. The number of hydrogen-bond donors (Lipinski definition) is 3. The molecule has 1 aliphatic carbocycles. The van der Waals surface area contributed by atoms with Crippen LogP contribution in [0.5, 0.6) is 0 Å². The first kappa shape index (κ1) is 20.0. The Morgan fingerprint density at radius 2 is 2.12 bits per heavy atom. The molecule has 4 bridgehead atoms. The van der Waals surface area contributed by atoms with Gasteiger partial charge in [-0.25, -0.2) is 4.98 Å². The second kappa shape index (κ2) is 7.45. The van der Waals surface area contributed by atoms with Crippen molar-refractivity contribution in [2.75, 3.05) is 17.7 Å². The number of nitrogens with zero attached hydrogens (tertiary/aromatic N) is 5. The summed E-state index contributed by atoms with van der Waals surface area (Å²) in [4.78, 5) is 18.0. The molecule has 170 valence electrons. The lowest BCUT2D eigenvalue weighted by atomic mass is 10.1. The maximum atomic E-state index is 13.2. The fourth-order valence-corrected chi connectivity index (χ4v) is 5.07. The first-order valence-corrected chi connectivity index (χ1v) is 11.2. The van der Waals surface area contributed by atoms with Crippen molar-refractivity contribution in [3.05, 3.63) is 41.2 Å². The van der Waals surface area contributed by atoms with Gasteiger partial charge in [-0.15, -0.1) is 0 Å². The quantitative estimate of drug-likeness (QED) is 0.412. The molecule has 10 heteroatoms. The Kier molecular flexibility index (Phi) is 4.51. The number of nitrogens with one attached hydrogen (secondary N) is 3. The van der Waals surface area contributed by atoms with Crippen LogP contribution >= 0.6 is 0 Å². The average molecular weight is 447 g/mol. The minimum Gasteiger partial charge on any atom is -0.373 e. The van der Waals surface area contributed by atoms with Crippen molar-refractivity contribution < 1.29 is 9.53 Å². The smallest absolute Gasteiger partial charge is 0.257 e. The molecule has 33 heavy (non-hydrogen) atoms. The summed E-state index contributed by atoms with van der Waals surface area (Å²) in [6.07, 6.45) is 4.37. The van der Waals surface area contributed by atoms with Crippen molar-refractivity contribution in [3.63, 3.8) is 0 Å². The molecule has 1 fully saturated rings. The number of hydrogen-bond acceptors (Lipinski definition) is 7. The maximum absolute atomic E-state index is 13.2. The van der Waals surface area contributed by atoms with Crippen LogP contribution in [-0.4, -0.2) is 49.5 Å². The van der Waals surface area contributed by atoms with Gasteiger partial charge in [0, 0.05) is 25.5 Å². The van der Waals surface area contributed by atoms with E-state index in [0.29, 0.717) is 23.6 Å². The third kappa shape index (κ3) is 3.20. The van der Waals surface area contributed by atoms with E-state index in [1.54, 1.807) is 10.7 Å². The highest BCUT2D eigenvalue weighted by Gasteiger charge is 2.31. The topological polar surface area (TPSA) is 110 Å². The second-order valence-corrected chi connectivity index (χ2v) is 8.80. The van der Waals surface area contributed by atoms with Gasteiger partial charge in [-0.05, 0) is 43.9 Å². The van der Waals surface area contributed by atoms with Crippen LogP contribution in [0.4, 0.5) is 17.3 Å². The Morgan fingerprint density at radius 1 is 1.24 bits per heavy atom. The molecule has 3 aromatic heterocycles. The summed E-state index contributed by atoms with van der Waals surface area (Å²) >= 11 is 0. The molecule has 1 aromatic carbocycles. The van der Waals surface area contributed by atoms with E-state index < -0.39 is 0 Å². The molecule has 2 atom stereocenters. The van der Waals surface area contributed by atoms with E-state index in [9.17, 15) is 4.79 Å². The number of rotatable bonds is 1. The summed E-state index contributed by atoms with van der Waals surface area (Å²) in [7, 11) is 3.76. The lowest BCUT2D eigenvalue weighted by Gasteiger charge is -2.22. The fourth-order valence-electron chi connectivity index (χ4n) is 5.07. The van der Waals surface area contributed by atoms with Crippen LogP contribution in [-0.2, 0) is 18.4 Å². The minimum absolute atomic E-state index is 0.0304. The summed E-state index contributed by atoms with van der Waals surface area (Å²) in [5.74, 6) is 1.15. The zero-order valence-corrected chi connectivity index (χ0v) is 18.8.